The van der Waals surface area contributed by atoms with Crippen molar-refractivity contribution in [2.45, 2.75) is 17.7 Å². The lowest BCUT2D eigenvalue weighted by molar-refractivity contribution is -0.116. The Labute approximate surface area is 176 Å². The van der Waals surface area contributed by atoms with Gasteiger partial charge in [0.05, 0.1) is 29.5 Å². The molecule has 1 fully saturated rings. The SMILES string of the molecule is CN(CCCC(=O)Nc1ccccc1N1CCOCC1)S(=O)(=O)c1ccc(F)cc1. The molecule has 7 nitrogen and oxygen atoms in total. The Morgan fingerprint density at radius 3 is 2.50 bits per heavy atom. The summed E-state index contributed by atoms with van der Waals surface area (Å²) >= 11 is 0. The zero-order valence-corrected chi connectivity index (χ0v) is 17.7. The van der Waals surface area contributed by atoms with Crippen LogP contribution in [0, 0.1) is 5.82 Å². The third kappa shape index (κ3) is 5.56. The van der Waals surface area contributed by atoms with E-state index in [0.717, 1.165) is 36.6 Å². The molecule has 1 aliphatic heterocycles. The van der Waals surface area contributed by atoms with Gasteiger partial charge in [0.1, 0.15) is 5.82 Å². The molecular weight excluding hydrogens is 409 g/mol. The van der Waals surface area contributed by atoms with E-state index in [1.54, 1.807) is 0 Å². The summed E-state index contributed by atoms with van der Waals surface area (Å²) in [5, 5.41) is 2.93. The smallest absolute Gasteiger partial charge is 0.242 e. The number of carbonyl (C=O) groups is 1. The number of nitrogens with one attached hydrogen (secondary N) is 1. The van der Waals surface area contributed by atoms with E-state index in [4.69, 9.17) is 4.74 Å². The molecule has 9 heteroatoms. The van der Waals surface area contributed by atoms with E-state index in [-0.39, 0.29) is 23.8 Å². The van der Waals surface area contributed by atoms with Gasteiger partial charge in [-0.2, -0.15) is 0 Å². The number of hydrogen-bond acceptors (Lipinski definition) is 5. The second kappa shape index (κ2) is 10.0. The third-order valence-electron chi connectivity index (χ3n) is 4.93. The topological polar surface area (TPSA) is 79.0 Å². The van der Waals surface area contributed by atoms with E-state index in [9.17, 15) is 17.6 Å². The van der Waals surface area contributed by atoms with E-state index in [2.05, 4.69) is 10.2 Å². The van der Waals surface area contributed by atoms with Gasteiger partial charge in [-0.05, 0) is 42.8 Å². The highest BCUT2D eigenvalue weighted by atomic mass is 32.2. The van der Waals surface area contributed by atoms with Gasteiger partial charge in [-0.3, -0.25) is 4.79 Å². The van der Waals surface area contributed by atoms with Gasteiger partial charge in [0, 0.05) is 33.1 Å². The Kier molecular flexibility index (Phi) is 7.41. The van der Waals surface area contributed by atoms with Crippen molar-refractivity contribution in [3.8, 4) is 0 Å². The van der Waals surface area contributed by atoms with Crippen LogP contribution in [0.15, 0.2) is 53.4 Å². The molecule has 1 saturated heterocycles. The maximum atomic E-state index is 13.0. The highest BCUT2D eigenvalue weighted by Gasteiger charge is 2.21. The number of rotatable bonds is 8. The van der Waals surface area contributed by atoms with E-state index in [1.165, 1.54) is 23.5 Å². The molecule has 0 bridgehead atoms. The molecule has 0 spiro atoms. The van der Waals surface area contributed by atoms with E-state index in [0.29, 0.717) is 19.6 Å². The molecule has 3 rings (SSSR count). The minimum Gasteiger partial charge on any atom is -0.378 e. The summed E-state index contributed by atoms with van der Waals surface area (Å²) in [5.74, 6) is -0.672. The van der Waals surface area contributed by atoms with Crippen LogP contribution in [0.1, 0.15) is 12.8 Å². The molecule has 0 radical (unpaired) electrons. The molecule has 2 aromatic rings. The number of halogens is 1. The van der Waals surface area contributed by atoms with Gasteiger partial charge in [-0.15, -0.1) is 0 Å². The molecule has 30 heavy (non-hydrogen) atoms. The number of ether oxygens (including phenoxy) is 1. The van der Waals surface area contributed by atoms with E-state index in [1.807, 2.05) is 24.3 Å². The van der Waals surface area contributed by atoms with Crippen LogP contribution in [-0.2, 0) is 19.6 Å². The van der Waals surface area contributed by atoms with Gasteiger partial charge in [-0.1, -0.05) is 12.1 Å². The van der Waals surface area contributed by atoms with Gasteiger partial charge in [-0.25, -0.2) is 17.1 Å². The van der Waals surface area contributed by atoms with Crippen LogP contribution in [0.4, 0.5) is 15.8 Å². The quantitative estimate of drug-likeness (QED) is 0.690. The number of morpholine rings is 1. The molecular formula is C21H26FN3O4S. The van der Waals surface area contributed by atoms with Crippen LogP contribution in [0.3, 0.4) is 0 Å². The van der Waals surface area contributed by atoms with E-state index >= 15 is 0 Å². The predicted molar refractivity (Wildman–Crippen MR) is 114 cm³/mol. The molecule has 2 aromatic carbocycles. The van der Waals surface area contributed by atoms with Crippen molar-refractivity contribution >= 4 is 27.3 Å². The molecule has 0 aromatic heterocycles. The Balaban J connectivity index is 1.53. The predicted octanol–water partition coefficient (Wildman–Crippen LogP) is 2.70. The monoisotopic (exact) mass is 435 g/mol. The molecule has 162 valence electrons. The van der Waals surface area contributed by atoms with Crippen molar-refractivity contribution in [1.29, 1.82) is 0 Å². The van der Waals surface area contributed by atoms with Crippen molar-refractivity contribution in [3.05, 3.63) is 54.3 Å². The van der Waals surface area contributed by atoms with E-state index < -0.39 is 15.8 Å². The maximum Gasteiger partial charge on any atom is 0.242 e. The summed E-state index contributed by atoms with van der Waals surface area (Å²) in [6.45, 7) is 3.00. The first-order valence-electron chi connectivity index (χ1n) is 9.81. The van der Waals surface area contributed by atoms with Crippen LogP contribution in [0.5, 0.6) is 0 Å². The molecule has 0 saturated carbocycles. The van der Waals surface area contributed by atoms with Crippen molar-refractivity contribution in [3.63, 3.8) is 0 Å². The Morgan fingerprint density at radius 1 is 1.13 bits per heavy atom. The molecule has 0 atom stereocenters. The highest BCUT2D eigenvalue weighted by Crippen LogP contribution is 2.26. The van der Waals surface area contributed by atoms with Gasteiger partial charge in [0.25, 0.3) is 0 Å². The number of benzene rings is 2. The zero-order chi connectivity index (χ0) is 21.6. The summed E-state index contributed by atoms with van der Waals surface area (Å²) in [6, 6.07) is 12.3. The van der Waals surface area contributed by atoms with Gasteiger partial charge < -0.3 is 15.0 Å². The maximum absolute atomic E-state index is 13.0. The number of para-hydroxylation sites is 2. The molecule has 0 aliphatic carbocycles. The van der Waals surface area contributed by atoms with Gasteiger partial charge in [0.2, 0.25) is 15.9 Å². The lowest BCUT2D eigenvalue weighted by Gasteiger charge is -2.30. The highest BCUT2D eigenvalue weighted by molar-refractivity contribution is 7.89. The van der Waals surface area contributed by atoms with Crippen LogP contribution in [-0.4, -0.2) is 58.5 Å². The fraction of sp³-hybridized carbons (Fsp3) is 0.381. The van der Waals surface area contributed by atoms with Crippen LogP contribution < -0.4 is 10.2 Å². The molecule has 1 aliphatic rings. The zero-order valence-electron chi connectivity index (χ0n) is 16.9. The largest absolute Gasteiger partial charge is 0.378 e. The van der Waals surface area contributed by atoms with Crippen molar-refractivity contribution in [1.82, 2.24) is 4.31 Å². The average molecular weight is 436 g/mol. The number of anilines is 2. The van der Waals surface area contributed by atoms with Crippen molar-refractivity contribution < 1.29 is 22.3 Å². The van der Waals surface area contributed by atoms with Gasteiger partial charge >= 0.3 is 0 Å². The second-order valence-corrected chi connectivity index (χ2v) is 9.09. The minimum absolute atomic E-state index is 0.0234. The lowest BCUT2D eigenvalue weighted by Crippen LogP contribution is -2.36. The van der Waals surface area contributed by atoms with Crippen molar-refractivity contribution in [2.75, 3.05) is 50.1 Å². The Morgan fingerprint density at radius 2 is 1.80 bits per heavy atom. The molecule has 1 amide bonds. The summed E-state index contributed by atoms with van der Waals surface area (Å²) < 4.78 is 44.6. The summed E-state index contributed by atoms with van der Waals surface area (Å²) in [5.41, 5.74) is 1.68. The normalized spacial score (nSPS) is 14.7. The summed E-state index contributed by atoms with van der Waals surface area (Å²) in [7, 11) is -2.27. The number of carbonyl (C=O) groups excluding carboxylic acids is 1. The fourth-order valence-corrected chi connectivity index (χ4v) is 4.45. The number of amides is 1. The van der Waals surface area contributed by atoms with Crippen LogP contribution >= 0.6 is 0 Å². The third-order valence-corrected chi connectivity index (χ3v) is 6.80. The number of nitrogens with zero attached hydrogens (tertiary/aromatic N) is 2. The minimum atomic E-state index is -3.72. The Bertz CT molecular complexity index is 960. The number of sulfonamides is 1. The molecule has 1 N–H and O–H groups in total. The first-order chi connectivity index (χ1) is 14.4. The average Bonchev–Trinajstić information content (AvgIpc) is 2.75. The van der Waals surface area contributed by atoms with Crippen LogP contribution in [0.2, 0.25) is 0 Å². The summed E-state index contributed by atoms with van der Waals surface area (Å²) in [6.07, 6.45) is 0.545. The molecule has 1 heterocycles. The fourth-order valence-electron chi connectivity index (χ4n) is 3.24. The Hall–Kier alpha value is -2.49. The van der Waals surface area contributed by atoms with Gasteiger partial charge in [0.15, 0.2) is 0 Å². The first-order valence-corrected chi connectivity index (χ1v) is 11.3. The van der Waals surface area contributed by atoms with Crippen LogP contribution in [0.25, 0.3) is 0 Å². The molecule has 0 unspecified atom stereocenters. The standard InChI is InChI=1S/C21H26FN3O4S/c1-24(30(27,28)18-10-8-17(22)9-11-18)12-4-7-21(26)23-19-5-2-3-6-20(19)25-13-15-29-16-14-25/h2-3,5-6,8-11H,4,7,12-16H2,1H3,(H,23,26). The summed E-state index contributed by atoms with van der Waals surface area (Å²) in [4.78, 5) is 14.6. The second-order valence-electron chi connectivity index (χ2n) is 7.05. The lowest BCUT2D eigenvalue weighted by atomic mass is 10.2. The first kappa shape index (κ1) is 22.2. The number of hydrogen-bond donors (Lipinski definition) is 1. The van der Waals surface area contributed by atoms with Crippen molar-refractivity contribution in [2.24, 2.45) is 0 Å².